The summed E-state index contributed by atoms with van der Waals surface area (Å²) in [6.45, 7) is 6.51. The molecule has 0 spiro atoms. The van der Waals surface area contributed by atoms with E-state index >= 15 is 0 Å². The lowest BCUT2D eigenvalue weighted by Gasteiger charge is -2.29. The minimum absolute atomic E-state index is 0.0618. The Morgan fingerprint density at radius 1 is 1.59 bits per heavy atom. The van der Waals surface area contributed by atoms with Crippen LogP contribution in [0.1, 0.15) is 42.7 Å². The number of hydrogen-bond donors (Lipinski definition) is 2. The monoisotopic (exact) mass is 235 g/mol. The van der Waals surface area contributed by atoms with Crippen LogP contribution in [0.4, 0.5) is 0 Å². The Morgan fingerprint density at radius 3 is 2.82 bits per heavy atom. The molecule has 4 nitrogen and oxygen atoms in total. The first kappa shape index (κ1) is 13.6. The number of pyridine rings is 1. The van der Waals surface area contributed by atoms with Crippen molar-refractivity contribution in [3.8, 4) is 0 Å². The van der Waals surface area contributed by atoms with Gasteiger partial charge in [-0.25, -0.2) is 0 Å². The summed E-state index contributed by atoms with van der Waals surface area (Å²) < 4.78 is 0. The number of amides is 1. The summed E-state index contributed by atoms with van der Waals surface area (Å²) in [7, 11) is 0. The first-order chi connectivity index (χ1) is 8.00. The van der Waals surface area contributed by atoms with Gasteiger partial charge in [0, 0.05) is 23.0 Å². The van der Waals surface area contributed by atoms with Gasteiger partial charge in [-0.3, -0.25) is 9.78 Å². The molecule has 0 saturated carbocycles. The second-order valence-electron chi connectivity index (χ2n) is 4.59. The van der Waals surface area contributed by atoms with E-state index in [1.807, 2.05) is 20.8 Å². The van der Waals surface area contributed by atoms with Crippen LogP contribution in [-0.2, 0) is 0 Å². The first-order valence-electron chi connectivity index (χ1n) is 5.96. The highest BCUT2D eigenvalue weighted by Crippen LogP contribution is 2.14. The van der Waals surface area contributed by atoms with Crippen molar-refractivity contribution in [2.45, 2.75) is 39.2 Å². The molecule has 0 fully saturated rings. The van der Waals surface area contributed by atoms with Crippen LogP contribution < -0.4 is 11.1 Å². The average Bonchev–Trinajstić information content (AvgIpc) is 2.29. The van der Waals surface area contributed by atoms with Crippen molar-refractivity contribution in [1.82, 2.24) is 10.3 Å². The number of aromatic nitrogens is 1. The zero-order chi connectivity index (χ0) is 12.9. The Kier molecular flexibility index (Phi) is 4.63. The van der Waals surface area contributed by atoms with Crippen molar-refractivity contribution in [3.63, 3.8) is 0 Å². The topological polar surface area (TPSA) is 68.0 Å². The van der Waals surface area contributed by atoms with Crippen LogP contribution >= 0.6 is 0 Å². The Hall–Kier alpha value is -1.42. The average molecular weight is 235 g/mol. The van der Waals surface area contributed by atoms with Gasteiger partial charge in [0.05, 0.1) is 0 Å². The van der Waals surface area contributed by atoms with Gasteiger partial charge in [0.2, 0.25) is 0 Å². The fourth-order valence-corrected chi connectivity index (χ4v) is 1.68. The minimum atomic E-state index is -0.233. The molecule has 0 radical (unpaired) electrons. The number of nitrogens with two attached hydrogens (primary N) is 1. The summed E-state index contributed by atoms with van der Waals surface area (Å²) in [5.74, 6) is -0.0618. The molecule has 4 heteroatoms. The molecule has 0 saturated heterocycles. The van der Waals surface area contributed by atoms with E-state index in [9.17, 15) is 4.79 Å². The van der Waals surface area contributed by atoms with Crippen LogP contribution in [-0.4, -0.2) is 23.0 Å². The van der Waals surface area contributed by atoms with Crippen molar-refractivity contribution >= 4 is 5.91 Å². The molecular formula is C13H21N3O. The summed E-state index contributed by atoms with van der Waals surface area (Å²) in [6.07, 6.45) is 3.29. The van der Waals surface area contributed by atoms with Crippen molar-refractivity contribution < 1.29 is 4.79 Å². The molecule has 94 valence electrons. The van der Waals surface area contributed by atoms with E-state index in [0.717, 1.165) is 18.5 Å². The van der Waals surface area contributed by atoms with Crippen molar-refractivity contribution in [1.29, 1.82) is 0 Å². The second kappa shape index (κ2) is 5.77. The summed E-state index contributed by atoms with van der Waals surface area (Å²) >= 11 is 0. The van der Waals surface area contributed by atoms with Gasteiger partial charge in [-0.15, -0.1) is 0 Å². The van der Waals surface area contributed by atoms with E-state index in [4.69, 9.17) is 5.73 Å². The Morgan fingerprint density at radius 2 is 2.29 bits per heavy atom. The number of nitrogens with one attached hydrogen (secondary N) is 1. The molecule has 1 aromatic heterocycles. The predicted molar refractivity (Wildman–Crippen MR) is 68.8 cm³/mol. The fraction of sp³-hybridized carbons (Fsp3) is 0.538. The number of hydrogen-bond acceptors (Lipinski definition) is 3. The molecule has 0 aliphatic rings. The van der Waals surface area contributed by atoms with Crippen LogP contribution in [0.2, 0.25) is 0 Å². The number of carbonyl (C=O) groups is 1. The number of carbonyl (C=O) groups excluding carboxylic acids is 1. The van der Waals surface area contributed by atoms with Gasteiger partial charge in [-0.05, 0) is 45.4 Å². The van der Waals surface area contributed by atoms with E-state index in [1.54, 1.807) is 18.3 Å². The summed E-state index contributed by atoms with van der Waals surface area (Å²) in [6, 6.07) is 3.51. The van der Waals surface area contributed by atoms with Crippen LogP contribution in [0.15, 0.2) is 18.3 Å². The van der Waals surface area contributed by atoms with Gasteiger partial charge in [-0.2, -0.15) is 0 Å². The summed E-state index contributed by atoms with van der Waals surface area (Å²) in [5.41, 5.74) is 6.82. The highest BCUT2D eigenvalue weighted by atomic mass is 16.1. The quantitative estimate of drug-likeness (QED) is 0.815. The summed E-state index contributed by atoms with van der Waals surface area (Å²) in [5, 5.41) is 3.04. The van der Waals surface area contributed by atoms with Gasteiger partial charge in [0.25, 0.3) is 5.91 Å². The van der Waals surface area contributed by atoms with Crippen LogP contribution in [0, 0.1) is 6.92 Å². The molecular weight excluding hydrogens is 214 g/mol. The number of nitrogens with zero attached hydrogens (tertiary/aromatic N) is 1. The molecule has 0 aromatic carbocycles. The normalized spacial score (nSPS) is 14.1. The predicted octanol–water partition coefficient (Wildman–Crippen LogP) is 1.64. The first-order valence-corrected chi connectivity index (χ1v) is 5.96. The van der Waals surface area contributed by atoms with Crippen molar-refractivity contribution in [2.24, 2.45) is 5.73 Å². The van der Waals surface area contributed by atoms with Crippen LogP contribution in [0.25, 0.3) is 0 Å². The SMILES string of the molecule is CCC(C)(CCN)NC(=O)c1ccnc(C)c1. The number of aryl methyl sites for hydroxylation is 1. The Balaban J connectivity index is 2.77. The lowest BCUT2D eigenvalue weighted by Crippen LogP contribution is -2.46. The third-order valence-corrected chi connectivity index (χ3v) is 3.05. The third-order valence-electron chi connectivity index (χ3n) is 3.05. The van der Waals surface area contributed by atoms with Gasteiger partial charge < -0.3 is 11.1 Å². The maximum Gasteiger partial charge on any atom is 0.251 e. The fourth-order valence-electron chi connectivity index (χ4n) is 1.68. The van der Waals surface area contributed by atoms with Gasteiger partial charge in [0.1, 0.15) is 0 Å². The minimum Gasteiger partial charge on any atom is -0.347 e. The molecule has 1 atom stereocenters. The molecule has 1 aromatic rings. The zero-order valence-electron chi connectivity index (χ0n) is 10.8. The highest BCUT2D eigenvalue weighted by molar-refractivity contribution is 5.94. The van der Waals surface area contributed by atoms with Gasteiger partial charge >= 0.3 is 0 Å². The van der Waals surface area contributed by atoms with Gasteiger partial charge in [-0.1, -0.05) is 6.92 Å². The molecule has 0 aliphatic heterocycles. The highest BCUT2D eigenvalue weighted by Gasteiger charge is 2.23. The number of rotatable bonds is 5. The smallest absolute Gasteiger partial charge is 0.251 e. The molecule has 1 amide bonds. The molecule has 0 aliphatic carbocycles. The lowest BCUT2D eigenvalue weighted by molar-refractivity contribution is 0.0899. The van der Waals surface area contributed by atoms with Crippen LogP contribution in [0.5, 0.6) is 0 Å². The van der Waals surface area contributed by atoms with Crippen molar-refractivity contribution in [3.05, 3.63) is 29.6 Å². The summed E-state index contributed by atoms with van der Waals surface area (Å²) in [4.78, 5) is 16.1. The van der Waals surface area contributed by atoms with Crippen molar-refractivity contribution in [2.75, 3.05) is 6.54 Å². The molecule has 3 N–H and O–H groups in total. The Labute approximate surface area is 103 Å². The molecule has 17 heavy (non-hydrogen) atoms. The van der Waals surface area contributed by atoms with E-state index in [-0.39, 0.29) is 11.4 Å². The molecule has 1 rings (SSSR count). The lowest BCUT2D eigenvalue weighted by atomic mass is 9.94. The maximum absolute atomic E-state index is 12.1. The Bertz CT molecular complexity index is 392. The largest absolute Gasteiger partial charge is 0.347 e. The van der Waals surface area contributed by atoms with E-state index < -0.39 is 0 Å². The molecule has 0 bridgehead atoms. The van der Waals surface area contributed by atoms with E-state index in [1.165, 1.54) is 0 Å². The zero-order valence-corrected chi connectivity index (χ0v) is 10.8. The molecule has 1 heterocycles. The van der Waals surface area contributed by atoms with Gasteiger partial charge in [0.15, 0.2) is 0 Å². The molecule has 1 unspecified atom stereocenters. The third kappa shape index (κ3) is 3.82. The maximum atomic E-state index is 12.1. The van der Waals surface area contributed by atoms with Crippen LogP contribution in [0.3, 0.4) is 0 Å². The van der Waals surface area contributed by atoms with E-state index in [2.05, 4.69) is 10.3 Å². The van der Waals surface area contributed by atoms with E-state index in [0.29, 0.717) is 12.1 Å². The second-order valence-corrected chi connectivity index (χ2v) is 4.59. The standard InChI is InChI=1S/C13H21N3O/c1-4-13(3,6-7-14)16-12(17)11-5-8-15-10(2)9-11/h5,8-9H,4,6-7,14H2,1-3H3,(H,16,17).